The number of nitrogens with zero attached hydrogens (tertiary/aromatic N) is 1. The summed E-state index contributed by atoms with van der Waals surface area (Å²) in [5, 5.41) is 2.72. The number of anilines is 1. The van der Waals surface area contributed by atoms with Gasteiger partial charge in [-0.3, -0.25) is 9.59 Å². The van der Waals surface area contributed by atoms with Gasteiger partial charge in [-0.15, -0.1) is 6.42 Å². The Labute approximate surface area is 146 Å². The minimum absolute atomic E-state index is 0.0294. The molecule has 132 valence electrons. The van der Waals surface area contributed by atoms with Crippen LogP contribution in [-0.2, 0) is 9.59 Å². The van der Waals surface area contributed by atoms with E-state index in [9.17, 15) is 14.0 Å². The predicted octanol–water partition coefficient (Wildman–Crippen LogP) is 2.42. The Bertz CT molecular complexity index is 709. The number of terminal acetylenes is 1. The van der Waals surface area contributed by atoms with Crippen molar-refractivity contribution in [1.29, 1.82) is 0 Å². The van der Waals surface area contributed by atoms with Crippen LogP contribution < -0.4 is 10.1 Å². The Balaban J connectivity index is 1.66. The number of amides is 2. The highest BCUT2D eigenvalue weighted by Crippen LogP contribution is 2.33. The van der Waals surface area contributed by atoms with E-state index in [0.29, 0.717) is 25.3 Å². The SMILES string of the molecule is C#CCOc1ccc(F)cc1NC(=O)[C@H]1CCCN(C(=O)C2CC2)C1. The zero-order valence-electron chi connectivity index (χ0n) is 14.0. The maximum absolute atomic E-state index is 13.5. The summed E-state index contributed by atoms with van der Waals surface area (Å²) in [7, 11) is 0. The number of carbonyl (C=O) groups excluding carboxylic acids is 2. The number of hydrogen-bond acceptors (Lipinski definition) is 3. The van der Waals surface area contributed by atoms with Gasteiger partial charge in [0.25, 0.3) is 0 Å². The quantitative estimate of drug-likeness (QED) is 0.835. The van der Waals surface area contributed by atoms with Gasteiger partial charge in [-0.1, -0.05) is 5.92 Å². The molecule has 6 heteroatoms. The molecule has 0 radical (unpaired) electrons. The molecule has 2 fully saturated rings. The maximum Gasteiger partial charge on any atom is 0.229 e. The first kappa shape index (κ1) is 17.3. The first-order valence-corrected chi connectivity index (χ1v) is 8.54. The molecule has 1 atom stereocenters. The Hall–Kier alpha value is -2.55. The Morgan fingerprint density at radius 1 is 1.32 bits per heavy atom. The van der Waals surface area contributed by atoms with Crippen molar-refractivity contribution in [2.75, 3.05) is 25.0 Å². The van der Waals surface area contributed by atoms with Gasteiger partial charge in [0.15, 0.2) is 0 Å². The van der Waals surface area contributed by atoms with E-state index in [-0.39, 0.29) is 35.9 Å². The molecule has 1 aliphatic carbocycles. The smallest absolute Gasteiger partial charge is 0.229 e. The van der Waals surface area contributed by atoms with Crippen LogP contribution in [0.4, 0.5) is 10.1 Å². The topological polar surface area (TPSA) is 58.6 Å². The number of benzene rings is 1. The number of likely N-dealkylation sites (tertiary alicyclic amines) is 1. The summed E-state index contributed by atoms with van der Waals surface area (Å²) < 4.78 is 18.9. The third-order valence-electron chi connectivity index (χ3n) is 4.54. The van der Waals surface area contributed by atoms with Crippen molar-refractivity contribution in [3.8, 4) is 18.1 Å². The lowest BCUT2D eigenvalue weighted by atomic mass is 9.96. The lowest BCUT2D eigenvalue weighted by Crippen LogP contribution is -2.44. The second-order valence-corrected chi connectivity index (χ2v) is 6.52. The van der Waals surface area contributed by atoms with E-state index in [1.54, 1.807) is 4.90 Å². The summed E-state index contributed by atoms with van der Waals surface area (Å²) in [6.07, 6.45) is 8.57. The van der Waals surface area contributed by atoms with Gasteiger partial charge >= 0.3 is 0 Å². The maximum atomic E-state index is 13.5. The first-order chi connectivity index (χ1) is 12.1. The lowest BCUT2D eigenvalue weighted by molar-refractivity contribution is -0.135. The minimum atomic E-state index is -0.475. The van der Waals surface area contributed by atoms with E-state index in [0.717, 1.165) is 19.3 Å². The molecule has 0 spiro atoms. The number of carbonyl (C=O) groups is 2. The largest absolute Gasteiger partial charge is 0.479 e. The molecule has 1 aromatic rings. The minimum Gasteiger partial charge on any atom is -0.479 e. The molecule has 1 saturated carbocycles. The highest BCUT2D eigenvalue weighted by Gasteiger charge is 2.36. The molecule has 5 nitrogen and oxygen atoms in total. The van der Waals surface area contributed by atoms with Gasteiger partial charge in [-0.05, 0) is 37.8 Å². The van der Waals surface area contributed by atoms with Gasteiger partial charge < -0.3 is 15.0 Å². The van der Waals surface area contributed by atoms with Crippen LogP contribution in [0.5, 0.6) is 5.75 Å². The standard InChI is InChI=1S/C19H21FN2O3/c1-2-10-25-17-8-7-15(20)11-16(17)21-18(23)14-4-3-9-22(12-14)19(24)13-5-6-13/h1,7-8,11,13-14H,3-6,9-10,12H2,(H,21,23)/t14-/m0/s1. The zero-order chi connectivity index (χ0) is 17.8. The van der Waals surface area contributed by atoms with Gasteiger partial charge in [-0.2, -0.15) is 0 Å². The summed E-state index contributed by atoms with van der Waals surface area (Å²) in [6.45, 7) is 1.15. The third kappa shape index (κ3) is 4.30. The molecule has 1 N–H and O–H groups in total. The fourth-order valence-corrected chi connectivity index (χ4v) is 3.06. The molecule has 0 aromatic heterocycles. The van der Waals surface area contributed by atoms with Crippen molar-refractivity contribution in [2.45, 2.75) is 25.7 Å². The van der Waals surface area contributed by atoms with Crippen LogP contribution in [0.15, 0.2) is 18.2 Å². The average Bonchev–Trinajstić information content (AvgIpc) is 3.45. The molecule has 25 heavy (non-hydrogen) atoms. The van der Waals surface area contributed by atoms with Gasteiger partial charge in [0.1, 0.15) is 18.2 Å². The molecule has 2 amide bonds. The molecule has 0 unspecified atom stereocenters. The van der Waals surface area contributed by atoms with Gasteiger partial charge in [-0.25, -0.2) is 4.39 Å². The number of ether oxygens (including phenoxy) is 1. The van der Waals surface area contributed by atoms with Crippen LogP contribution in [0.2, 0.25) is 0 Å². The van der Waals surface area contributed by atoms with Crippen LogP contribution in [0.1, 0.15) is 25.7 Å². The van der Waals surface area contributed by atoms with Crippen LogP contribution in [0.3, 0.4) is 0 Å². The molecule has 2 aliphatic rings. The second-order valence-electron chi connectivity index (χ2n) is 6.52. The number of piperidine rings is 1. The van der Waals surface area contributed by atoms with Crippen LogP contribution in [-0.4, -0.2) is 36.4 Å². The highest BCUT2D eigenvalue weighted by molar-refractivity contribution is 5.94. The zero-order valence-corrected chi connectivity index (χ0v) is 14.0. The van der Waals surface area contributed by atoms with Crippen molar-refractivity contribution in [3.05, 3.63) is 24.0 Å². The molecule has 1 saturated heterocycles. The number of rotatable bonds is 5. The summed E-state index contributed by atoms with van der Waals surface area (Å²) in [4.78, 5) is 26.6. The van der Waals surface area contributed by atoms with Crippen molar-refractivity contribution >= 4 is 17.5 Å². The predicted molar refractivity (Wildman–Crippen MR) is 91.4 cm³/mol. The van der Waals surface area contributed by atoms with Gasteiger partial charge in [0.05, 0.1) is 11.6 Å². The molecule has 1 heterocycles. The third-order valence-corrected chi connectivity index (χ3v) is 4.54. The summed E-state index contributed by atoms with van der Waals surface area (Å²) in [5.74, 6) is 1.95. The Kier molecular flexibility index (Phi) is 5.22. The number of nitrogens with one attached hydrogen (secondary N) is 1. The van der Waals surface area contributed by atoms with E-state index in [1.807, 2.05) is 0 Å². The van der Waals surface area contributed by atoms with E-state index in [2.05, 4.69) is 11.2 Å². The van der Waals surface area contributed by atoms with E-state index in [1.165, 1.54) is 18.2 Å². The molecule has 0 bridgehead atoms. The van der Waals surface area contributed by atoms with E-state index in [4.69, 9.17) is 11.2 Å². The highest BCUT2D eigenvalue weighted by atomic mass is 19.1. The normalized spacial score (nSPS) is 19.8. The van der Waals surface area contributed by atoms with Crippen molar-refractivity contribution in [2.24, 2.45) is 11.8 Å². The van der Waals surface area contributed by atoms with E-state index < -0.39 is 5.82 Å². The summed E-state index contributed by atoms with van der Waals surface area (Å²) in [6, 6.07) is 3.89. The van der Waals surface area contributed by atoms with Crippen molar-refractivity contribution < 1.29 is 18.7 Å². The fraction of sp³-hybridized carbons (Fsp3) is 0.474. The number of halogens is 1. The molecular formula is C19H21FN2O3. The molecule has 1 aliphatic heterocycles. The lowest BCUT2D eigenvalue weighted by Gasteiger charge is -2.32. The van der Waals surface area contributed by atoms with Crippen LogP contribution >= 0.6 is 0 Å². The van der Waals surface area contributed by atoms with Crippen molar-refractivity contribution in [1.82, 2.24) is 4.90 Å². The van der Waals surface area contributed by atoms with Gasteiger partial charge in [0, 0.05) is 25.1 Å². The van der Waals surface area contributed by atoms with Crippen molar-refractivity contribution in [3.63, 3.8) is 0 Å². The summed E-state index contributed by atoms with van der Waals surface area (Å²) >= 11 is 0. The number of hydrogen-bond donors (Lipinski definition) is 1. The molecule has 3 rings (SSSR count). The van der Waals surface area contributed by atoms with Crippen LogP contribution in [0, 0.1) is 30.0 Å². The average molecular weight is 344 g/mol. The van der Waals surface area contributed by atoms with Gasteiger partial charge in [0.2, 0.25) is 11.8 Å². The fourth-order valence-electron chi connectivity index (χ4n) is 3.06. The Morgan fingerprint density at radius 2 is 2.12 bits per heavy atom. The monoisotopic (exact) mass is 344 g/mol. The molecule has 1 aromatic carbocycles. The Morgan fingerprint density at radius 3 is 2.84 bits per heavy atom. The van der Waals surface area contributed by atoms with Crippen LogP contribution in [0.25, 0.3) is 0 Å². The summed E-state index contributed by atoms with van der Waals surface area (Å²) in [5.41, 5.74) is 0.255. The first-order valence-electron chi connectivity index (χ1n) is 8.54. The van der Waals surface area contributed by atoms with E-state index >= 15 is 0 Å². The molecular weight excluding hydrogens is 323 g/mol. The second kappa shape index (κ2) is 7.56.